The fourth-order valence-corrected chi connectivity index (χ4v) is 1.88. The van der Waals surface area contributed by atoms with Crippen LogP contribution in [0.2, 0.25) is 0 Å². The van der Waals surface area contributed by atoms with Gasteiger partial charge in [-0.1, -0.05) is 6.92 Å². The van der Waals surface area contributed by atoms with E-state index < -0.39 is 0 Å². The molecule has 1 aromatic rings. The van der Waals surface area contributed by atoms with Gasteiger partial charge in [0.2, 0.25) is 5.91 Å². The number of carbonyl (C=O) groups is 2. The number of aryl methyl sites for hydroxylation is 1. The molecule has 2 amide bonds. The summed E-state index contributed by atoms with van der Waals surface area (Å²) in [6, 6.07) is 1.65. The molecule has 0 radical (unpaired) electrons. The SMILES string of the molecule is CCCNC(=O)CCN(CCOC)C(=O)c1ccoc1C. The van der Waals surface area contributed by atoms with E-state index in [-0.39, 0.29) is 18.2 Å². The molecule has 21 heavy (non-hydrogen) atoms. The monoisotopic (exact) mass is 296 g/mol. The fourth-order valence-electron chi connectivity index (χ4n) is 1.88. The zero-order chi connectivity index (χ0) is 15.7. The summed E-state index contributed by atoms with van der Waals surface area (Å²) in [5, 5.41) is 2.80. The lowest BCUT2D eigenvalue weighted by Crippen LogP contribution is -2.37. The smallest absolute Gasteiger partial charge is 0.257 e. The van der Waals surface area contributed by atoms with Crippen molar-refractivity contribution < 1.29 is 18.7 Å². The fraction of sp³-hybridized carbons (Fsp3) is 0.600. The van der Waals surface area contributed by atoms with Crippen LogP contribution in [0.15, 0.2) is 16.7 Å². The molecule has 0 aliphatic rings. The first kappa shape index (κ1) is 17.2. The Bertz CT molecular complexity index is 456. The molecule has 0 aromatic carbocycles. The summed E-state index contributed by atoms with van der Waals surface area (Å²) in [5.74, 6) is 0.399. The second-order valence-electron chi connectivity index (χ2n) is 4.78. The first-order chi connectivity index (χ1) is 10.1. The van der Waals surface area contributed by atoms with Crippen LogP contribution in [-0.4, -0.2) is 50.1 Å². The van der Waals surface area contributed by atoms with Crippen molar-refractivity contribution in [1.29, 1.82) is 0 Å². The normalized spacial score (nSPS) is 10.4. The molecule has 118 valence electrons. The van der Waals surface area contributed by atoms with E-state index in [1.165, 1.54) is 6.26 Å². The second kappa shape index (κ2) is 9.18. The maximum Gasteiger partial charge on any atom is 0.257 e. The predicted molar refractivity (Wildman–Crippen MR) is 79.1 cm³/mol. The average molecular weight is 296 g/mol. The van der Waals surface area contributed by atoms with E-state index in [9.17, 15) is 9.59 Å². The molecule has 0 spiro atoms. The van der Waals surface area contributed by atoms with E-state index in [1.54, 1.807) is 25.0 Å². The minimum Gasteiger partial charge on any atom is -0.469 e. The lowest BCUT2D eigenvalue weighted by Gasteiger charge is -2.22. The van der Waals surface area contributed by atoms with E-state index >= 15 is 0 Å². The van der Waals surface area contributed by atoms with Gasteiger partial charge in [0.1, 0.15) is 5.76 Å². The molecule has 0 aliphatic heterocycles. The highest BCUT2D eigenvalue weighted by Gasteiger charge is 2.19. The molecule has 1 aromatic heterocycles. The first-order valence-corrected chi connectivity index (χ1v) is 7.19. The van der Waals surface area contributed by atoms with Crippen molar-refractivity contribution in [2.75, 3.05) is 33.4 Å². The topological polar surface area (TPSA) is 71.8 Å². The second-order valence-corrected chi connectivity index (χ2v) is 4.78. The van der Waals surface area contributed by atoms with Gasteiger partial charge in [0.15, 0.2) is 0 Å². The van der Waals surface area contributed by atoms with Crippen LogP contribution < -0.4 is 5.32 Å². The third-order valence-electron chi connectivity index (χ3n) is 3.12. The van der Waals surface area contributed by atoms with Gasteiger partial charge in [-0.25, -0.2) is 0 Å². The van der Waals surface area contributed by atoms with Crippen molar-refractivity contribution in [3.8, 4) is 0 Å². The predicted octanol–water partition coefficient (Wildman–Crippen LogP) is 1.59. The van der Waals surface area contributed by atoms with Gasteiger partial charge >= 0.3 is 0 Å². The van der Waals surface area contributed by atoms with Crippen LogP contribution in [0.5, 0.6) is 0 Å². The summed E-state index contributed by atoms with van der Waals surface area (Å²) in [4.78, 5) is 25.7. The lowest BCUT2D eigenvalue weighted by atomic mass is 10.2. The van der Waals surface area contributed by atoms with Crippen molar-refractivity contribution in [1.82, 2.24) is 10.2 Å². The third kappa shape index (κ3) is 5.59. The number of ether oxygens (including phenoxy) is 1. The Labute approximate surface area is 125 Å². The highest BCUT2D eigenvalue weighted by atomic mass is 16.5. The van der Waals surface area contributed by atoms with Crippen molar-refractivity contribution in [2.45, 2.75) is 26.7 Å². The Morgan fingerprint density at radius 1 is 1.38 bits per heavy atom. The zero-order valence-corrected chi connectivity index (χ0v) is 13.0. The maximum absolute atomic E-state index is 12.4. The number of hydrogen-bond acceptors (Lipinski definition) is 4. The van der Waals surface area contributed by atoms with Gasteiger partial charge in [-0.3, -0.25) is 9.59 Å². The molecular weight excluding hydrogens is 272 g/mol. The summed E-state index contributed by atoms with van der Waals surface area (Å²) < 4.78 is 10.2. The van der Waals surface area contributed by atoms with Crippen molar-refractivity contribution in [3.63, 3.8) is 0 Å². The molecule has 0 aliphatic carbocycles. The van der Waals surface area contributed by atoms with Crippen LogP contribution in [-0.2, 0) is 9.53 Å². The van der Waals surface area contributed by atoms with E-state index in [0.29, 0.717) is 37.6 Å². The van der Waals surface area contributed by atoms with Crippen molar-refractivity contribution in [2.24, 2.45) is 0 Å². The molecule has 0 fully saturated rings. The molecule has 0 saturated heterocycles. The quantitative estimate of drug-likeness (QED) is 0.751. The molecular formula is C15H24N2O4. The van der Waals surface area contributed by atoms with Gasteiger partial charge < -0.3 is 19.4 Å². The number of rotatable bonds is 9. The van der Waals surface area contributed by atoms with Crippen LogP contribution in [0.25, 0.3) is 0 Å². The number of amides is 2. The van der Waals surface area contributed by atoms with E-state index in [0.717, 1.165) is 6.42 Å². The minimum absolute atomic E-state index is 0.0454. The summed E-state index contributed by atoms with van der Waals surface area (Å²) in [5.41, 5.74) is 0.528. The van der Waals surface area contributed by atoms with Gasteiger partial charge in [-0.15, -0.1) is 0 Å². The van der Waals surface area contributed by atoms with E-state index in [2.05, 4.69) is 5.32 Å². The van der Waals surface area contributed by atoms with Crippen LogP contribution in [0.4, 0.5) is 0 Å². The molecule has 0 bridgehead atoms. The summed E-state index contributed by atoms with van der Waals surface area (Å²) in [6.45, 7) is 5.64. The van der Waals surface area contributed by atoms with Crippen LogP contribution in [0.1, 0.15) is 35.9 Å². The number of furan rings is 1. The van der Waals surface area contributed by atoms with Gasteiger partial charge in [-0.05, 0) is 19.4 Å². The lowest BCUT2D eigenvalue weighted by molar-refractivity contribution is -0.121. The van der Waals surface area contributed by atoms with Crippen molar-refractivity contribution in [3.05, 3.63) is 23.7 Å². The Kier molecular flexibility index (Phi) is 7.53. The highest BCUT2D eigenvalue weighted by Crippen LogP contribution is 2.12. The van der Waals surface area contributed by atoms with E-state index in [1.807, 2.05) is 6.92 Å². The standard InChI is InChI=1S/C15H24N2O4/c1-4-7-16-14(18)5-8-17(9-11-20-3)15(19)13-6-10-21-12(13)2/h6,10H,4-5,7-9,11H2,1-3H3,(H,16,18). The molecule has 6 heteroatoms. The van der Waals surface area contributed by atoms with E-state index in [4.69, 9.17) is 9.15 Å². The van der Waals surface area contributed by atoms with Crippen molar-refractivity contribution >= 4 is 11.8 Å². The molecule has 0 saturated carbocycles. The Balaban J connectivity index is 2.61. The first-order valence-electron chi connectivity index (χ1n) is 7.19. The maximum atomic E-state index is 12.4. The molecule has 0 unspecified atom stereocenters. The number of hydrogen-bond donors (Lipinski definition) is 1. The number of nitrogens with zero attached hydrogens (tertiary/aromatic N) is 1. The largest absolute Gasteiger partial charge is 0.469 e. The Morgan fingerprint density at radius 2 is 2.14 bits per heavy atom. The van der Waals surface area contributed by atoms with Gasteiger partial charge in [0.05, 0.1) is 18.4 Å². The van der Waals surface area contributed by atoms with Crippen LogP contribution >= 0.6 is 0 Å². The average Bonchev–Trinajstić information content (AvgIpc) is 2.90. The summed E-state index contributed by atoms with van der Waals surface area (Å²) in [6.07, 6.45) is 2.67. The summed E-state index contributed by atoms with van der Waals surface area (Å²) in [7, 11) is 1.58. The number of methoxy groups -OCH3 is 1. The van der Waals surface area contributed by atoms with Crippen LogP contribution in [0.3, 0.4) is 0 Å². The van der Waals surface area contributed by atoms with Gasteiger partial charge in [0, 0.05) is 33.2 Å². The molecule has 6 nitrogen and oxygen atoms in total. The molecule has 1 rings (SSSR count). The van der Waals surface area contributed by atoms with Gasteiger partial charge in [-0.2, -0.15) is 0 Å². The zero-order valence-electron chi connectivity index (χ0n) is 13.0. The molecule has 0 atom stereocenters. The third-order valence-corrected chi connectivity index (χ3v) is 3.12. The number of carbonyl (C=O) groups excluding carboxylic acids is 2. The summed E-state index contributed by atoms with van der Waals surface area (Å²) >= 11 is 0. The number of nitrogens with one attached hydrogen (secondary N) is 1. The van der Waals surface area contributed by atoms with Gasteiger partial charge in [0.25, 0.3) is 5.91 Å². The van der Waals surface area contributed by atoms with Crippen LogP contribution in [0, 0.1) is 6.92 Å². The Morgan fingerprint density at radius 3 is 2.71 bits per heavy atom. The minimum atomic E-state index is -0.137. The highest BCUT2D eigenvalue weighted by molar-refractivity contribution is 5.95. The molecule has 1 N–H and O–H groups in total. The molecule has 1 heterocycles. The Hall–Kier alpha value is -1.82.